The molecule has 0 aromatic heterocycles. The van der Waals surface area contributed by atoms with E-state index in [1.165, 1.54) is 17.1 Å². The Morgan fingerprint density at radius 1 is 1.26 bits per heavy atom. The maximum Gasteiger partial charge on any atom is 0.279 e. The first-order valence-electron chi connectivity index (χ1n) is 7.41. The normalized spacial score (nSPS) is 28.6. The van der Waals surface area contributed by atoms with Crippen molar-refractivity contribution in [3.63, 3.8) is 0 Å². The van der Waals surface area contributed by atoms with Gasteiger partial charge < -0.3 is 5.11 Å². The van der Waals surface area contributed by atoms with Crippen molar-refractivity contribution in [3.05, 3.63) is 0 Å². The van der Waals surface area contributed by atoms with E-state index in [-0.39, 0.29) is 18.6 Å². The van der Waals surface area contributed by atoms with Crippen LogP contribution in [0.5, 0.6) is 0 Å². The average molecular weight is 290 g/mol. The maximum absolute atomic E-state index is 12.3. The van der Waals surface area contributed by atoms with Gasteiger partial charge in [0.05, 0.1) is 0 Å². The predicted octanol–water partition coefficient (Wildman–Crippen LogP) is 1.10. The molecule has 2 rings (SSSR count). The van der Waals surface area contributed by atoms with Crippen LogP contribution in [0.2, 0.25) is 0 Å². The Hall–Kier alpha value is -0.170. The summed E-state index contributed by atoms with van der Waals surface area (Å²) in [7, 11) is -3.39. The zero-order chi connectivity index (χ0) is 13.9. The van der Waals surface area contributed by atoms with Crippen LogP contribution in [0.1, 0.15) is 45.4 Å². The lowest BCUT2D eigenvalue weighted by Crippen LogP contribution is -2.50. The molecule has 2 atom stereocenters. The van der Waals surface area contributed by atoms with Crippen molar-refractivity contribution in [1.29, 1.82) is 0 Å². The minimum atomic E-state index is -3.39. The predicted molar refractivity (Wildman–Crippen MR) is 74.9 cm³/mol. The quantitative estimate of drug-likeness (QED) is 0.797. The Morgan fingerprint density at radius 3 is 2.58 bits per heavy atom. The van der Waals surface area contributed by atoms with Crippen molar-refractivity contribution in [1.82, 2.24) is 9.03 Å². The average Bonchev–Trinajstić information content (AvgIpc) is 2.92. The van der Waals surface area contributed by atoms with Crippen LogP contribution in [0.25, 0.3) is 0 Å². The Bertz CT molecular complexity index is 379. The van der Waals surface area contributed by atoms with Gasteiger partial charge in [-0.1, -0.05) is 12.8 Å². The van der Waals surface area contributed by atoms with E-state index in [4.69, 9.17) is 0 Å². The Labute approximate surface area is 116 Å². The third kappa shape index (κ3) is 3.90. The lowest BCUT2D eigenvalue weighted by Gasteiger charge is -2.32. The highest BCUT2D eigenvalue weighted by Crippen LogP contribution is 2.28. The van der Waals surface area contributed by atoms with E-state index < -0.39 is 10.2 Å². The minimum Gasteiger partial charge on any atom is -0.396 e. The summed E-state index contributed by atoms with van der Waals surface area (Å²) in [5.74, 6) is 0.570. The van der Waals surface area contributed by atoms with Crippen LogP contribution < -0.4 is 4.72 Å². The number of piperidine rings is 1. The zero-order valence-corrected chi connectivity index (χ0v) is 12.5. The second-order valence-electron chi connectivity index (χ2n) is 6.00. The smallest absolute Gasteiger partial charge is 0.279 e. The summed E-state index contributed by atoms with van der Waals surface area (Å²) in [6, 6.07) is 0.0157. The molecule has 0 aromatic carbocycles. The second kappa shape index (κ2) is 6.52. The monoisotopic (exact) mass is 290 g/mol. The summed E-state index contributed by atoms with van der Waals surface area (Å²) in [6.07, 6.45) is 6.44. The number of aliphatic hydroxyl groups is 1. The van der Waals surface area contributed by atoms with Gasteiger partial charge in [0.15, 0.2) is 0 Å². The summed E-state index contributed by atoms with van der Waals surface area (Å²) >= 11 is 0. The fraction of sp³-hybridized carbons (Fsp3) is 1.00. The molecule has 2 N–H and O–H groups in total. The van der Waals surface area contributed by atoms with Crippen LogP contribution >= 0.6 is 0 Å². The first-order valence-corrected chi connectivity index (χ1v) is 8.85. The molecule has 5 nitrogen and oxygen atoms in total. The highest BCUT2D eigenvalue weighted by molar-refractivity contribution is 7.87. The van der Waals surface area contributed by atoms with Gasteiger partial charge in [0, 0.05) is 25.7 Å². The van der Waals surface area contributed by atoms with Gasteiger partial charge in [-0.15, -0.1) is 0 Å². The molecule has 0 spiro atoms. The molecule has 112 valence electrons. The molecule has 1 saturated heterocycles. The number of hydrogen-bond acceptors (Lipinski definition) is 3. The SMILES string of the molecule is CC(NS(=O)(=O)N1CCCC(CO)C1)C1CCCC1. The van der Waals surface area contributed by atoms with Crippen LogP contribution in [0.4, 0.5) is 0 Å². The molecule has 1 heterocycles. The van der Waals surface area contributed by atoms with E-state index in [1.807, 2.05) is 6.92 Å². The summed E-state index contributed by atoms with van der Waals surface area (Å²) in [4.78, 5) is 0. The Morgan fingerprint density at radius 2 is 1.95 bits per heavy atom. The lowest BCUT2D eigenvalue weighted by molar-refractivity contribution is 0.164. The van der Waals surface area contributed by atoms with E-state index >= 15 is 0 Å². The van der Waals surface area contributed by atoms with Gasteiger partial charge in [0.2, 0.25) is 0 Å². The van der Waals surface area contributed by atoms with Crippen molar-refractivity contribution in [2.75, 3.05) is 19.7 Å². The lowest BCUT2D eigenvalue weighted by atomic mass is 10.0. The zero-order valence-electron chi connectivity index (χ0n) is 11.7. The van der Waals surface area contributed by atoms with Gasteiger partial charge in [-0.2, -0.15) is 17.4 Å². The Balaban J connectivity index is 1.93. The summed E-state index contributed by atoms with van der Waals surface area (Å²) in [5, 5.41) is 9.19. The third-order valence-electron chi connectivity index (χ3n) is 4.52. The van der Waals surface area contributed by atoms with E-state index in [0.29, 0.717) is 19.0 Å². The molecule has 0 amide bonds. The van der Waals surface area contributed by atoms with Gasteiger partial charge in [-0.25, -0.2) is 0 Å². The molecular formula is C13H26N2O3S. The summed E-state index contributed by atoms with van der Waals surface area (Å²) in [5.41, 5.74) is 0. The first kappa shape index (κ1) is 15.2. The molecule has 2 fully saturated rings. The van der Waals surface area contributed by atoms with Crippen LogP contribution in [0.3, 0.4) is 0 Å². The van der Waals surface area contributed by atoms with E-state index in [9.17, 15) is 13.5 Å². The van der Waals surface area contributed by atoms with Crippen molar-refractivity contribution < 1.29 is 13.5 Å². The van der Waals surface area contributed by atoms with Gasteiger partial charge in [0.25, 0.3) is 10.2 Å². The molecule has 0 aromatic rings. The second-order valence-corrected chi connectivity index (χ2v) is 7.71. The van der Waals surface area contributed by atoms with Crippen molar-refractivity contribution in [2.24, 2.45) is 11.8 Å². The molecule has 0 bridgehead atoms. The molecule has 1 aliphatic heterocycles. The minimum absolute atomic E-state index is 0.0157. The van der Waals surface area contributed by atoms with Crippen molar-refractivity contribution in [3.8, 4) is 0 Å². The standard InChI is InChI=1S/C13H26N2O3S/c1-11(13-6-2-3-7-13)14-19(17,18)15-8-4-5-12(9-15)10-16/h11-14,16H,2-10H2,1H3. The molecule has 6 heteroatoms. The molecule has 1 aliphatic carbocycles. The number of nitrogens with one attached hydrogen (secondary N) is 1. The molecule has 2 aliphatic rings. The van der Waals surface area contributed by atoms with Gasteiger partial charge in [0.1, 0.15) is 0 Å². The van der Waals surface area contributed by atoms with E-state index in [2.05, 4.69) is 4.72 Å². The largest absolute Gasteiger partial charge is 0.396 e. The van der Waals surface area contributed by atoms with Crippen molar-refractivity contribution in [2.45, 2.75) is 51.5 Å². The number of rotatable bonds is 5. The first-order chi connectivity index (χ1) is 9.03. The number of hydrogen-bond donors (Lipinski definition) is 2. The summed E-state index contributed by atoms with van der Waals surface area (Å²) < 4.78 is 29.0. The van der Waals surface area contributed by atoms with Crippen LogP contribution in [-0.2, 0) is 10.2 Å². The van der Waals surface area contributed by atoms with Crippen LogP contribution in [-0.4, -0.2) is 43.6 Å². The van der Waals surface area contributed by atoms with Gasteiger partial charge in [-0.3, -0.25) is 0 Å². The fourth-order valence-electron chi connectivity index (χ4n) is 3.26. The third-order valence-corrected chi connectivity index (χ3v) is 6.20. The molecule has 1 saturated carbocycles. The van der Waals surface area contributed by atoms with Crippen LogP contribution in [0.15, 0.2) is 0 Å². The Kier molecular flexibility index (Phi) is 5.22. The van der Waals surface area contributed by atoms with E-state index in [0.717, 1.165) is 25.7 Å². The topological polar surface area (TPSA) is 69.6 Å². The van der Waals surface area contributed by atoms with Crippen LogP contribution in [0, 0.1) is 11.8 Å². The van der Waals surface area contributed by atoms with Gasteiger partial charge in [-0.05, 0) is 44.4 Å². The number of aliphatic hydroxyl groups excluding tert-OH is 1. The maximum atomic E-state index is 12.3. The highest BCUT2D eigenvalue weighted by Gasteiger charge is 2.31. The summed E-state index contributed by atoms with van der Waals surface area (Å²) in [6.45, 7) is 3.07. The molecule has 0 radical (unpaired) electrons. The molecular weight excluding hydrogens is 264 g/mol. The number of nitrogens with zero attached hydrogens (tertiary/aromatic N) is 1. The molecule has 2 unspecified atom stereocenters. The van der Waals surface area contributed by atoms with E-state index in [1.54, 1.807) is 0 Å². The molecule has 19 heavy (non-hydrogen) atoms. The van der Waals surface area contributed by atoms with Gasteiger partial charge >= 0.3 is 0 Å². The highest BCUT2D eigenvalue weighted by atomic mass is 32.2. The fourth-order valence-corrected chi connectivity index (χ4v) is 4.85. The van der Waals surface area contributed by atoms with Crippen molar-refractivity contribution >= 4 is 10.2 Å².